The largest absolute Gasteiger partial charge is 0.248 e. The molecule has 0 spiro atoms. The van der Waals surface area contributed by atoms with E-state index in [0.717, 1.165) is 11.8 Å². The van der Waals surface area contributed by atoms with Gasteiger partial charge >= 0.3 is 0 Å². The second-order valence-electron chi connectivity index (χ2n) is 4.29. The molecule has 0 radical (unpaired) electrons. The molecule has 2 rings (SSSR count). The van der Waals surface area contributed by atoms with E-state index < -0.39 is 9.84 Å². The summed E-state index contributed by atoms with van der Waals surface area (Å²) in [6, 6.07) is 9.22. The average Bonchev–Trinajstić information content (AvgIpc) is 2.74. The smallest absolute Gasteiger partial charge is 0.153 e. The van der Waals surface area contributed by atoms with Gasteiger partial charge in [0.1, 0.15) is 0 Å². The number of aromatic nitrogens is 3. The Hall–Kier alpha value is -2.20. The van der Waals surface area contributed by atoms with Crippen molar-refractivity contribution >= 4 is 9.84 Å². The highest BCUT2D eigenvalue weighted by Gasteiger charge is 2.08. The van der Waals surface area contributed by atoms with Gasteiger partial charge in [-0.15, -0.1) is 5.10 Å². The third-order valence-corrected chi connectivity index (χ3v) is 3.22. The molecule has 0 fully saturated rings. The second-order valence-corrected chi connectivity index (χ2v) is 6.43. The van der Waals surface area contributed by atoms with Crippen LogP contribution in [0.15, 0.2) is 30.5 Å². The lowest BCUT2D eigenvalue weighted by Gasteiger charge is -2.00. The van der Waals surface area contributed by atoms with Crippen LogP contribution < -0.4 is 0 Å². The standard InChI is InChI=1S/C12H12N4O2S/c1-19(17,18)9-12-8-16(15-14-12)7-11-4-2-3-10(5-11)6-13/h2-5,8H,7,9H2,1H3. The fourth-order valence-electron chi connectivity index (χ4n) is 1.68. The molecule has 0 bridgehead atoms. The van der Waals surface area contributed by atoms with E-state index in [1.165, 1.54) is 0 Å². The first-order valence-electron chi connectivity index (χ1n) is 5.52. The van der Waals surface area contributed by atoms with E-state index in [-0.39, 0.29) is 5.75 Å². The van der Waals surface area contributed by atoms with Gasteiger partial charge in [-0.1, -0.05) is 17.3 Å². The van der Waals surface area contributed by atoms with Gasteiger partial charge in [0.25, 0.3) is 0 Å². The normalized spacial score (nSPS) is 11.2. The quantitative estimate of drug-likeness (QED) is 0.821. The third kappa shape index (κ3) is 3.89. The molecule has 0 N–H and O–H groups in total. The molecule has 0 amide bonds. The molecule has 2 aromatic rings. The Morgan fingerprint density at radius 2 is 2.21 bits per heavy atom. The fraction of sp³-hybridized carbons (Fsp3) is 0.250. The number of benzene rings is 1. The van der Waals surface area contributed by atoms with Crippen LogP contribution in [-0.4, -0.2) is 29.7 Å². The number of nitrogens with zero attached hydrogens (tertiary/aromatic N) is 4. The Morgan fingerprint density at radius 1 is 1.42 bits per heavy atom. The van der Waals surface area contributed by atoms with Crippen molar-refractivity contribution in [1.82, 2.24) is 15.0 Å². The van der Waals surface area contributed by atoms with Crippen molar-refractivity contribution in [3.05, 3.63) is 47.3 Å². The van der Waals surface area contributed by atoms with Crippen LogP contribution in [0.4, 0.5) is 0 Å². The molecule has 1 aromatic carbocycles. The lowest BCUT2D eigenvalue weighted by Crippen LogP contribution is -2.01. The van der Waals surface area contributed by atoms with Crippen molar-refractivity contribution in [3.63, 3.8) is 0 Å². The molecule has 0 aliphatic carbocycles. The maximum absolute atomic E-state index is 11.1. The summed E-state index contributed by atoms with van der Waals surface area (Å²) in [5.41, 5.74) is 1.91. The molecule has 0 aliphatic rings. The van der Waals surface area contributed by atoms with Crippen LogP contribution in [0.5, 0.6) is 0 Å². The monoisotopic (exact) mass is 276 g/mol. The van der Waals surface area contributed by atoms with Gasteiger partial charge in [-0.25, -0.2) is 13.1 Å². The number of hydrogen-bond acceptors (Lipinski definition) is 5. The van der Waals surface area contributed by atoms with Crippen LogP contribution in [0.3, 0.4) is 0 Å². The predicted octanol–water partition coefficient (Wildman–Crippen LogP) is 0.743. The van der Waals surface area contributed by atoms with Crippen molar-refractivity contribution < 1.29 is 8.42 Å². The van der Waals surface area contributed by atoms with Crippen molar-refractivity contribution in [3.8, 4) is 6.07 Å². The first-order chi connectivity index (χ1) is 8.96. The number of rotatable bonds is 4. The average molecular weight is 276 g/mol. The van der Waals surface area contributed by atoms with Crippen molar-refractivity contribution in [2.45, 2.75) is 12.3 Å². The van der Waals surface area contributed by atoms with Crippen molar-refractivity contribution in [2.24, 2.45) is 0 Å². The third-order valence-electron chi connectivity index (χ3n) is 2.40. The van der Waals surface area contributed by atoms with Gasteiger partial charge in [0.2, 0.25) is 0 Å². The zero-order valence-electron chi connectivity index (χ0n) is 10.3. The lowest BCUT2D eigenvalue weighted by atomic mass is 10.1. The zero-order valence-corrected chi connectivity index (χ0v) is 11.1. The first kappa shape index (κ1) is 13.2. The molecule has 0 unspecified atom stereocenters. The number of sulfone groups is 1. The summed E-state index contributed by atoms with van der Waals surface area (Å²) in [5.74, 6) is -0.120. The Morgan fingerprint density at radius 3 is 2.89 bits per heavy atom. The minimum absolute atomic E-state index is 0.120. The summed E-state index contributed by atoms with van der Waals surface area (Å²) in [4.78, 5) is 0. The van der Waals surface area contributed by atoms with E-state index in [9.17, 15) is 8.42 Å². The summed E-state index contributed by atoms with van der Waals surface area (Å²) < 4.78 is 23.8. The first-order valence-corrected chi connectivity index (χ1v) is 7.58. The van der Waals surface area contributed by atoms with Crippen LogP contribution >= 0.6 is 0 Å². The Balaban J connectivity index is 2.14. The summed E-state index contributed by atoms with van der Waals surface area (Å²) in [6.45, 7) is 0.451. The molecular weight excluding hydrogens is 264 g/mol. The number of hydrogen-bond donors (Lipinski definition) is 0. The molecule has 6 nitrogen and oxygen atoms in total. The molecule has 0 saturated carbocycles. The lowest BCUT2D eigenvalue weighted by molar-refractivity contribution is 0.600. The molecule has 19 heavy (non-hydrogen) atoms. The summed E-state index contributed by atoms with van der Waals surface area (Å²) in [5, 5.41) is 16.5. The van der Waals surface area contributed by atoms with E-state index in [4.69, 9.17) is 5.26 Å². The minimum atomic E-state index is -3.11. The molecule has 7 heteroatoms. The molecule has 0 aliphatic heterocycles. The van der Waals surface area contributed by atoms with Gasteiger partial charge in [-0.2, -0.15) is 5.26 Å². The second kappa shape index (κ2) is 5.20. The SMILES string of the molecule is CS(=O)(=O)Cc1cn(Cc2cccc(C#N)c2)nn1. The van der Waals surface area contributed by atoms with E-state index >= 15 is 0 Å². The van der Waals surface area contributed by atoms with Crippen LogP contribution in [-0.2, 0) is 22.1 Å². The van der Waals surface area contributed by atoms with E-state index in [0.29, 0.717) is 17.8 Å². The molecule has 0 atom stereocenters. The van der Waals surface area contributed by atoms with E-state index in [1.54, 1.807) is 29.1 Å². The highest BCUT2D eigenvalue weighted by Crippen LogP contribution is 2.07. The molecule has 1 aromatic heterocycles. The topological polar surface area (TPSA) is 88.6 Å². The summed E-state index contributed by atoms with van der Waals surface area (Å²) in [7, 11) is -3.11. The Bertz CT molecular complexity index is 728. The van der Waals surface area contributed by atoms with Crippen LogP contribution in [0.1, 0.15) is 16.8 Å². The van der Waals surface area contributed by atoms with Gasteiger partial charge < -0.3 is 0 Å². The summed E-state index contributed by atoms with van der Waals surface area (Å²) in [6.07, 6.45) is 2.75. The molecule has 1 heterocycles. The maximum atomic E-state index is 11.1. The van der Waals surface area contributed by atoms with Gasteiger partial charge in [-0.3, -0.25) is 0 Å². The van der Waals surface area contributed by atoms with Crippen LogP contribution in [0.25, 0.3) is 0 Å². The number of nitriles is 1. The maximum Gasteiger partial charge on any atom is 0.153 e. The minimum Gasteiger partial charge on any atom is -0.248 e. The zero-order chi connectivity index (χ0) is 13.9. The van der Waals surface area contributed by atoms with E-state index in [1.807, 2.05) is 6.07 Å². The molecule has 0 saturated heterocycles. The van der Waals surface area contributed by atoms with Gasteiger partial charge in [-0.05, 0) is 17.7 Å². The Kier molecular flexibility index (Phi) is 3.62. The predicted molar refractivity (Wildman–Crippen MR) is 68.8 cm³/mol. The van der Waals surface area contributed by atoms with Gasteiger partial charge in [0.05, 0.1) is 29.6 Å². The van der Waals surface area contributed by atoms with Crippen molar-refractivity contribution in [2.75, 3.05) is 6.26 Å². The fourth-order valence-corrected chi connectivity index (χ4v) is 2.35. The highest BCUT2D eigenvalue weighted by molar-refractivity contribution is 7.89. The van der Waals surface area contributed by atoms with E-state index in [2.05, 4.69) is 16.4 Å². The molecular formula is C12H12N4O2S. The molecule has 98 valence electrons. The van der Waals surface area contributed by atoms with Crippen LogP contribution in [0, 0.1) is 11.3 Å². The van der Waals surface area contributed by atoms with Gasteiger partial charge in [0.15, 0.2) is 9.84 Å². The van der Waals surface area contributed by atoms with Gasteiger partial charge in [0, 0.05) is 12.5 Å². The summed E-state index contributed by atoms with van der Waals surface area (Å²) >= 11 is 0. The van der Waals surface area contributed by atoms with Crippen LogP contribution in [0.2, 0.25) is 0 Å². The Labute approximate surface area is 111 Å². The highest BCUT2D eigenvalue weighted by atomic mass is 32.2. The van der Waals surface area contributed by atoms with Crippen molar-refractivity contribution in [1.29, 1.82) is 5.26 Å².